The van der Waals surface area contributed by atoms with Gasteiger partial charge >= 0.3 is 7.60 Å². The van der Waals surface area contributed by atoms with Crippen molar-refractivity contribution >= 4 is 7.60 Å². The zero-order valence-corrected chi connectivity index (χ0v) is 18.4. The van der Waals surface area contributed by atoms with E-state index in [4.69, 9.17) is 13.9 Å². The molecule has 0 aromatic carbocycles. The van der Waals surface area contributed by atoms with Gasteiger partial charge in [0.05, 0.1) is 30.8 Å². The Morgan fingerprint density at radius 2 is 1.56 bits per heavy atom. The molecule has 8 heteroatoms. The molecule has 0 aliphatic heterocycles. The van der Waals surface area contributed by atoms with Crippen LogP contribution in [-0.2, 0) is 18.5 Å². The molecule has 1 unspecified atom stereocenters. The van der Waals surface area contributed by atoms with Gasteiger partial charge in [0.1, 0.15) is 0 Å². The van der Waals surface area contributed by atoms with Crippen molar-refractivity contribution in [3.8, 4) is 12.1 Å². The first-order chi connectivity index (χ1) is 12.6. The molecule has 0 N–H and O–H groups in total. The van der Waals surface area contributed by atoms with E-state index in [1.807, 2.05) is 0 Å². The van der Waals surface area contributed by atoms with Gasteiger partial charge in [-0.3, -0.25) is 9.40 Å². The SMILES string of the molecule is CCOP(=O)(OCC)C(N(OC(C)(C)C#N)C1CCCCC1)C(C)(C)C#N. The molecule has 0 radical (unpaired) electrons. The van der Waals surface area contributed by atoms with Crippen LogP contribution in [0.4, 0.5) is 0 Å². The van der Waals surface area contributed by atoms with Gasteiger partial charge in [0.2, 0.25) is 0 Å². The third kappa shape index (κ3) is 6.28. The molecule has 1 rings (SSSR count). The van der Waals surface area contributed by atoms with Crippen LogP contribution in [0.1, 0.15) is 73.6 Å². The summed E-state index contributed by atoms with van der Waals surface area (Å²) in [5.74, 6) is -0.939. The van der Waals surface area contributed by atoms with Crippen LogP contribution in [0.2, 0.25) is 0 Å². The summed E-state index contributed by atoms with van der Waals surface area (Å²) in [7, 11) is -3.72. The zero-order chi connectivity index (χ0) is 20.7. The summed E-state index contributed by atoms with van der Waals surface area (Å²) in [6, 6.07) is 4.33. The molecule has 1 fully saturated rings. The Hall–Kier alpha value is -0.950. The Morgan fingerprint density at radius 3 is 1.96 bits per heavy atom. The molecule has 154 valence electrons. The fraction of sp³-hybridized carbons (Fsp3) is 0.895. The quantitative estimate of drug-likeness (QED) is 0.377. The van der Waals surface area contributed by atoms with Crippen LogP contribution >= 0.6 is 7.60 Å². The first kappa shape index (κ1) is 24.1. The third-order valence-electron chi connectivity index (χ3n) is 4.63. The second-order valence-corrected chi connectivity index (χ2v) is 10.0. The molecule has 0 spiro atoms. The normalized spacial score (nSPS) is 18.1. The van der Waals surface area contributed by atoms with Crippen molar-refractivity contribution in [2.45, 2.75) is 91.1 Å². The van der Waals surface area contributed by atoms with Crippen molar-refractivity contribution in [1.82, 2.24) is 5.06 Å². The number of hydroxylamine groups is 2. The lowest BCUT2D eigenvalue weighted by molar-refractivity contribution is -0.261. The summed E-state index contributed by atoms with van der Waals surface area (Å²) in [5, 5.41) is 20.9. The van der Waals surface area contributed by atoms with E-state index in [1.54, 1.807) is 46.6 Å². The van der Waals surface area contributed by atoms with Gasteiger partial charge in [-0.2, -0.15) is 15.6 Å². The highest BCUT2D eigenvalue weighted by molar-refractivity contribution is 7.54. The second-order valence-electron chi connectivity index (χ2n) is 7.95. The van der Waals surface area contributed by atoms with Crippen LogP contribution in [0.15, 0.2) is 0 Å². The van der Waals surface area contributed by atoms with E-state index < -0.39 is 24.4 Å². The summed E-state index contributed by atoms with van der Waals surface area (Å²) in [6.45, 7) is 10.6. The van der Waals surface area contributed by atoms with Crippen molar-refractivity contribution in [2.75, 3.05) is 13.2 Å². The third-order valence-corrected chi connectivity index (χ3v) is 7.34. The van der Waals surface area contributed by atoms with Crippen LogP contribution in [0, 0.1) is 28.1 Å². The Labute approximate surface area is 164 Å². The maximum absolute atomic E-state index is 13.8. The molecule has 1 atom stereocenters. The van der Waals surface area contributed by atoms with Gasteiger partial charge < -0.3 is 9.05 Å². The minimum Gasteiger partial charge on any atom is -0.308 e. The van der Waals surface area contributed by atoms with E-state index in [1.165, 1.54) is 0 Å². The lowest BCUT2D eigenvalue weighted by Crippen LogP contribution is -2.53. The molecule has 7 nitrogen and oxygen atoms in total. The summed E-state index contributed by atoms with van der Waals surface area (Å²) < 4.78 is 25.0. The number of nitriles is 2. The van der Waals surface area contributed by atoms with Gasteiger partial charge in [-0.1, -0.05) is 19.3 Å². The van der Waals surface area contributed by atoms with Gasteiger partial charge in [0.25, 0.3) is 0 Å². The van der Waals surface area contributed by atoms with E-state index in [0.717, 1.165) is 32.1 Å². The van der Waals surface area contributed by atoms with Crippen LogP contribution in [0.25, 0.3) is 0 Å². The summed E-state index contributed by atoms with van der Waals surface area (Å²) >= 11 is 0. The van der Waals surface area contributed by atoms with Crippen molar-refractivity contribution in [2.24, 2.45) is 5.41 Å². The first-order valence-corrected chi connectivity index (χ1v) is 11.4. The average Bonchev–Trinajstić information content (AvgIpc) is 2.62. The van der Waals surface area contributed by atoms with Gasteiger partial charge in [-0.25, -0.2) is 0 Å². The Morgan fingerprint density at radius 1 is 1.04 bits per heavy atom. The van der Waals surface area contributed by atoms with E-state index in [9.17, 15) is 15.1 Å². The highest BCUT2D eigenvalue weighted by atomic mass is 31.2. The zero-order valence-electron chi connectivity index (χ0n) is 17.5. The molecule has 0 saturated heterocycles. The predicted octanol–water partition coefficient (Wildman–Crippen LogP) is 5.00. The van der Waals surface area contributed by atoms with E-state index in [0.29, 0.717) is 0 Å². The molecule has 0 aromatic heterocycles. The minimum atomic E-state index is -3.72. The Bertz CT molecular complexity index is 593. The van der Waals surface area contributed by atoms with Crippen molar-refractivity contribution < 1.29 is 18.5 Å². The van der Waals surface area contributed by atoms with Crippen molar-refractivity contribution in [3.63, 3.8) is 0 Å². The fourth-order valence-electron chi connectivity index (χ4n) is 3.39. The van der Waals surface area contributed by atoms with Crippen molar-refractivity contribution in [3.05, 3.63) is 0 Å². The molecule has 0 aromatic rings. The molecule has 0 heterocycles. The Kier molecular flexibility index (Phi) is 8.93. The largest absolute Gasteiger partial charge is 0.351 e. The molecule has 27 heavy (non-hydrogen) atoms. The second kappa shape index (κ2) is 10.0. The first-order valence-electron chi connectivity index (χ1n) is 9.75. The summed E-state index contributed by atoms with van der Waals surface area (Å²) in [5.41, 5.74) is -2.21. The number of hydrogen-bond acceptors (Lipinski definition) is 7. The van der Waals surface area contributed by atoms with E-state index in [2.05, 4.69) is 12.1 Å². The van der Waals surface area contributed by atoms with Crippen LogP contribution < -0.4 is 0 Å². The Balaban J connectivity index is 3.50. The highest BCUT2D eigenvalue weighted by Crippen LogP contribution is 2.60. The van der Waals surface area contributed by atoms with Crippen LogP contribution in [0.5, 0.6) is 0 Å². The summed E-state index contributed by atoms with van der Waals surface area (Å²) in [4.78, 5) is 6.10. The molecule has 1 aliphatic carbocycles. The smallest absolute Gasteiger partial charge is 0.308 e. The lowest BCUT2D eigenvalue weighted by atomic mass is 9.91. The van der Waals surface area contributed by atoms with Gasteiger partial charge in [-0.15, -0.1) is 0 Å². The van der Waals surface area contributed by atoms with Crippen LogP contribution in [0.3, 0.4) is 0 Å². The summed E-state index contributed by atoms with van der Waals surface area (Å²) in [6.07, 6.45) is 4.86. The molecular formula is C19H34N3O4P. The van der Waals surface area contributed by atoms with Gasteiger partial charge in [-0.05, 0) is 54.4 Å². The standard InChI is InChI=1S/C19H34N3O4P/c1-7-24-27(23,25-8-2)17(18(3,4)14-20)22(26-19(5,6)15-21)16-12-10-9-11-13-16/h16-17H,7-13H2,1-6H3. The maximum atomic E-state index is 13.8. The number of nitrogens with zero attached hydrogens (tertiary/aromatic N) is 3. The van der Waals surface area contributed by atoms with Crippen molar-refractivity contribution in [1.29, 1.82) is 10.5 Å². The fourth-order valence-corrected chi connectivity index (χ4v) is 5.83. The van der Waals surface area contributed by atoms with Gasteiger partial charge in [0.15, 0.2) is 11.4 Å². The van der Waals surface area contributed by atoms with E-state index >= 15 is 0 Å². The molecule has 1 saturated carbocycles. The number of rotatable bonds is 10. The molecular weight excluding hydrogens is 365 g/mol. The van der Waals surface area contributed by atoms with Crippen LogP contribution in [-0.4, -0.2) is 35.7 Å². The van der Waals surface area contributed by atoms with Gasteiger partial charge in [0, 0.05) is 6.04 Å². The molecule has 0 amide bonds. The molecule has 0 bridgehead atoms. The minimum absolute atomic E-state index is 0.0572. The van der Waals surface area contributed by atoms with E-state index in [-0.39, 0.29) is 19.3 Å². The monoisotopic (exact) mass is 399 g/mol. The predicted molar refractivity (Wildman–Crippen MR) is 104 cm³/mol. The topological polar surface area (TPSA) is 95.6 Å². The maximum Gasteiger partial charge on any atom is 0.351 e. The average molecular weight is 399 g/mol. The highest BCUT2D eigenvalue weighted by Gasteiger charge is 2.53. The number of hydrogen-bond donors (Lipinski definition) is 0. The lowest BCUT2D eigenvalue weighted by Gasteiger charge is -2.46. The molecule has 1 aliphatic rings.